The van der Waals surface area contributed by atoms with Crippen molar-refractivity contribution < 1.29 is 82.7 Å². The highest BCUT2D eigenvalue weighted by atomic mass is 19.1. The molecule has 29 nitrogen and oxygen atoms in total. The fourth-order valence-electron chi connectivity index (χ4n) is 14.0. The minimum absolute atomic E-state index is 0.00867. The number of nitrogens with zero attached hydrogens (tertiary/aromatic N) is 4. The van der Waals surface area contributed by atoms with Crippen LogP contribution in [0.3, 0.4) is 0 Å². The van der Waals surface area contributed by atoms with Gasteiger partial charge in [-0.05, 0) is 170 Å². The van der Waals surface area contributed by atoms with Gasteiger partial charge in [0.15, 0.2) is 5.78 Å². The number of hydrogen-bond donors (Lipinski definition) is 10. The van der Waals surface area contributed by atoms with Crippen molar-refractivity contribution in [2.75, 3.05) is 58.1 Å². The number of unbranched alkanes of at least 4 members (excludes halogenated alkanes) is 3. The van der Waals surface area contributed by atoms with Gasteiger partial charge in [0.2, 0.25) is 23.6 Å². The van der Waals surface area contributed by atoms with Crippen molar-refractivity contribution in [3.63, 3.8) is 0 Å². The number of Topliss-reactive ketones (excluding diaryl/α,β-unsaturated/α-hetero) is 1. The number of piperidine rings is 2. The van der Waals surface area contributed by atoms with Gasteiger partial charge >= 0.3 is 5.97 Å². The van der Waals surface area contributed by atoms with Gasteiger partial charge in [-0.1, -0.05) is 97.4 Å². The highest BCUT2D eigenvalue weighted by molar-refractivity contribution is 6.25. The second-order valence-electron chi connectivity index (χ2n) is 27.8. The number of carbonyl (C=O) groups is 14. The summed E-state index contributed by atoms with van der Waals surface area (Å²) < 4.78 is 21.2. The number of rotatable bonds is 28. The van der Waals surface area contributed by atoms with Crippen molar-refractivity contribution >= 4 is 127 Å². The third-order valence-electron chi connectivity index (χ3n) is 20.0. The molecule has 0 aliphatic carbocycles. The summed E-state index contributed by atoms with van der Waals surface area (Å²) in [5.41, 5.74) is 16.5. The van der Waals surface area contributed by atoms with Crippen LogP contribution in [0, 0.1) is 0 Å². The van der Waals surface area contributed by atoms with E-state index in [1.807, 2.05) is 133 Å². The normalized spacial score (nSPS) is 14.6. The molecule has 610 valence electrons. The number of para-hydroxylation sites is 2. The van der Waals surface area contributed by atoms with Crippen molar-refractivity contribution in [1.82, 2.24) is 51.7 Å². The number of aromatic nitrogens is 2. The van der Waals surface area contributed by atoms with Crippen molar-refractivity contribution in [2.45, 2.75) is 89.1 Å². The number of benzene rings is 8. The number of aliphatic carboxylic acids is 1. The zero-order valence-electron chi connectivity index (χ0n) is 66.0. The smallest absolute Gasteiger partial charge is 0.303 e. The second kappa shape index (κ2) is 40.2. The highest BCUT2D eigenvalue weighted by Gasteiger charge is 2.47. The van der Waals surface area contributed by atoms with Crippen molar-refractivity contribution in [3.8, 4) is 28.0 Å². The number of carbonyl (C=O) groups excluding carboxylic acids is 13. The maximum atomic E-state index is 13.2. The summed E-state index contributed by atoms with van der Waals surface area (Å²) >= 11 is 0. The number of hydrogen-bond acceptors (Lipinski definition) is 20. The van der Waals surface area contributed by atoms with E-state index in [0.29, 0.717) is 78.1 Å². The molecule has 2 fully saturated rings. The van der Waals surface area contributed by atoms with E-state index in [4.69, 9.17) is 16.9 Å². The molecule has 0 radical (unpaired) electrons. The van der Waals surface area contributed by atoms with Crippen LogP contribution < -0.4 is 53.0 Å². The third-order valence-corrected chi connectivity index (χ3v) is 20.0. The SMILES string of the molecule is CNC(=O)c1cnc2ccc(-c3ccc(C(=O)NCCCCCC(=O)COc4cccc5c4C(=O)N(C4CCC(=O)NC4=O)C5=O)cc3)cc2c1Nc1ccccc1.CNC(=O)c1cnc2ccc(-c3ccc(C(=O)NCCCCN)cc3)cc2c1Nc1ccccc1.O=C(O)CCc1cccc2c1C(=O)N(C1CCC(=O)NC1=O)C2=O.[2H]CF. The molecule has 8 aromatic carbocycles. The Morgan fingerprint density at radius 1 is 0.521 bits per heavy atom. The van der Waals surface area contributed by atoms with Gasteiger partial charge in [0.1, 0.15) is 24.4 Å². The fraction of sp³-hybridized carbons (Fsp3) is 0.236. The number of amides is 12. The van der Waals surface area contributed by atoms with E-state index in [1.165, 1.54) is 24.3 Å². The molecule has 2 atom stereocenters. The molecule has 6 heterocycles. The topological polar surface area (TPSA) is 423 Å². The molecule has 14 rings (SSSR count). The fourth-order valence-corrected chi connectivity index (χ4v) is 14.0. The molecule has 4 aliphatic rings. The first kappa shape index (κ1) is 83.9. The Bertz CT molecular complexity index is 5600. The summed E-state index contributed by atoms with van der Waals surface area (Å²) in [6.07, 6.45) is 7.14. The van der Waals surface area contributed by atoms with Gasteiger partial charge in [-0.15, -0.1) is 0 Å². The first-order chi connectivity index (χ1) is 58.0. The lowest BCUT2D eigenvalue weighted by Crippen LogP contribution is -2.54. The number of halogens is 1. The molecule has 30 heteroatoms. The Balaban J connectivity index is 0.000000191. The van der Waals surface area contributed by atoms with Crippen LogP contribution in [-0.2, 0) is 35.2 Å². The maximum Gasteiger partial charge on any atom is 0.303 e. The first-order valence-corrected chi connectivity index (χ1v) is 38.4. The van der Waals surface area contributed by atoms with Gasteiger partial charge in [-0.3, -0.25) is 102 Å². The van der Waals surface area contributed by atoms with E-state index in [9.17, 15) is 71.5 Å². The molecular weight excluding hydrogens is 1530 g/mol. The molecule has 0 bridgehead atoms. The first-order valence-electron chi connectivity index (χ1n) is 39.1. The Morgan fingerprint density at radius 2 is 0.966 bits per heavy atom. The van der Waals surface area contributed by atoms with Crippen LogP contribution in [-0.4, -0.2) is 167 Å². The van der Waals surface area contributed by atoms with Gasteiger partial charge < -0.3 is 47.5 Å². The summed E-state index contributed by atoms with van der Waals surface area (Å²) in [6.45, 7) is 1.35. The number of anilines is 4. The maximum absolute atomic E-state index is 13.2. The van der Waals surface area contributed by atoms with Gasteiger partial charge in [0, 0.05) is 98.5 Å². The highest BCUT2D eigenvalue weighted by Crippen LogP contribution is 2.38. The van der Waals surface area contributed by atoms with Crippen LogP contribution in [0.25, 0.3) is 44.1 Å². The van der Waals surface area contributed by atoms with Gasteiger partial charge in [-0.25, -0.2) is 0 Å². The summed E-state index contributed by atoms with van der Waals surface area (Å²) in [4.78, 5) is 184. The van der Waals surface area contributed by atoms with E-state index >= 15 is 0 Å². The van der Waals surface area contributed by atoms with Crippen LogP contribution >= 0.6 is 0 Å². The number of pyridine rings is 2. The standard InChI is InChI=1S/C44H40N6O8.C28H29N5O2.C16H14N2O6.CH3F/c1-45-41(54)33-24-47-34-19-18-28(23-32(34)39(33)48-29-9-4-2-5-10-29)26-14-16-27(17-15-26)40(53)46-22-7-3-6-11-30(51)25-58-36-13-8-12-31-38(36)44(57)50(43(31)56)35-20-21-37(52)49-42(35)55;1-30-28(35)24-18-32-25-14-13-21(17-23(25)26(24)33-22-7-3-2-4-8-22)19-9-11-20(12-10-19)27(34)31-16-6-5-15-29;19-11-6-5-10(14(22)17-11)18-15(23)9-3-1-2-8(4-7-12(20)21)13(9)16(18)24;1-2/h2,4-5,8-10,12-19,23-24,35H,3,6-7,11,20-22,25H2,1H3,(H,45,54)(H,46,53)(H,47,48)(H,49,52,55);2-4,7-14,17-18H,5-6,15-16,29H2,1H3,(H,30,35)(H,31,34)(H,32,33);1-3,10H,4-7H2,(H,20,21)(H,17,19,22);1H3/i;;;1D. The van der Waals surface area contributed by atoms with E-state index in [2.05, 4.69) is 52.5 Å². The lowest BCUT2D eigenvalue weighted by Gasteiger charge is -2.27. The van der Waals surface area contributed by atoms with Crippen LogP contribution in [0.2, 0.25) is 0 Å². The summed E-state index contributed by atoms with van der Waals surface area (Å²) in [7, 11) is 2.18. The molecule has 2 aromatic heterocycles. The van der Waals surface area contributed by atoms with Gasteiger partial charge in [0.05, 0.1) is 64.3 Å². The second-order valence-corrected chi connectivity index (χ2v) is 27.8. The molecule has 2 unspecified atom stereocenters. The number of carboxylic acids is 1. The lowest BCUT2D eigenvalue weighted by atomic mass is 9.99. The average molecular weight is 1610 g/mol. The average Bonchev–Trinajstić information content (AvgIpc) is 1.70. The van der Waals surface area contributed by atoms with Gasteiger partial charge in [0.25, 0.3) is 47.3 Å². The van der Waals surface area contributed by atoms with Crippen LogP contribution in [0.1, 0.15) is 160 Å². The molecule has 2 saturated heterocycles. The molecular formula is C89H86FN13O16. The van der Waals surface area contributed by atoms with Crippen LogP contribution in [0.5, 0.6) is 5.75 Å². The predicted octanol–water partition coefficient (Wildman–Crippen LogP) is 10.5. The molecule has 0 spiro atoms. The zero-order chi connectivity index (χ0) is 85.5. The van der Waals surface area contributed by atoms with E-state index < -0.39 is 72.5 Å². The summed E-state index contributed by atoms with van der Waals surface area (Å²) in [5, 5.41) is 32.7. The molecule has 4 aliphatic heterocycles. The zero-order valence-corrected chi connectivity index (χ0v) is 65.0. The predicted molar refractivity (Wildman–Crippen MR) is 442 cm³/mol. The van der Waals surface area contributed by atoms with Gasteiger partial charge in [-0.2, -0.15) is 0 Å². The minimum atomic E-state index is -1.10. The Hall–Kier alpha value is -14.6. The van der Waals surface area contributed by atoms with E-state index in [0.717, 1.165) is 78.1 Å². The number of nitrogens with one attached hydrogen (secondary N) is 8. The Morgan fingerprint density at radius 3 is 1.42 bits per heavy atom. The number of alkyl halides is 1. The molecule has 11 N–H and O–H groups in total. The van der Waals surface area contributed by atoms with E-state index in [1.54, 1.807) is 50.8 Å². The number of aryl methyl sites for hydroxylation is 1. The lowest BCUT2D eigenvalue weighted by molar-refractivity contribution is -0.137. The Labute approximate surface area is 683 Å². The number of imide groups is 4. The van der Waals surface area contributed by atoms with Crippen molar-refractivity contribution in [2.24, 2.45) is 5.73 Å². The quantitative estimate of drug-likeness (QED) is 0.0161. The number of ketones is 1. The monoisotopic (exact) mass is 1610 g/mol. The molecule has 10 aromatic rings. The number of fused-ring (bicyclic) bond motifs is 4. The molecule has 0 saturated carbocycles. The number of ether oxygens (including phenoxy) is 1. The Kier molecular flexibility index (Phi) is 28.3. The third kappa shape index (κ3) is 20.4. The van der Waals surface area contributed by atoms with Crippen molar-refractivity contribution in [1.29, 1.82) is 0 Å². The minimum Gasteiger partial charge on any atom is -0.485 e. The number of nitrogens with two attached hydrogens (primary N) is 1. The van der Waals surface area contributed by atoms with Crippen molar-refractivity contribution in [3.05, 3.63) is 244 Å². The van der Waals surface area contributed by atoms with Crippen LogP contribution in [0.15, 0.2) is 194 Å². The number of carboxylic acid groups (broad SMARTS) is 1. The largest absolute Gasteiger partial charge is 0.485 e. The molecule has 119 heavy (non-hydrogen) atoms. The molecule has 12 amide bonds. The van der Waals surface area contributed by atoms with Crippen LogP contribution in [0.4, 0.5) is 27.1 Å². The summed E-state index contributed by atoms with van der Waals surface area (Å²) in [5.74, 6) is -6.77. The van der Waals surface area contributed by atoms with E-state index in [-0.39, 0.29) is 109 Å². The summed E-state index contributed by atoms with van der Waals surface area (Å²) in [6, 6.07) is 52.8.